The molecule has 15 nitrogen and oxygen atoms in total. The molecular formula is C43H37Cl2Cs2F5N4O11S2. The number of amides is 2. The summed E-state index contributed by atoms with van der Waals surface area (Å²) in [5.74, 6) is -5.40. The summed E-state index contributed by atoms with van der Waals surface area (Å²) in [6.45, 7) is 6.30. The number of halogens is 7. The summed E-state index contributed by atoms with van der Waals surface area (Å²) in [6, 6.07) is 15.8. The predicted molar refractivity (Wildman–Crippen MR) is 236 cm³/mol. The van der Waals surface area contributed by atoms with Crippen molar-refractivity contribution in [3.05, 3.63) is 158 Å². The largest absolute Gasteiger partial charge is 1.00 e. The molecule has 69 heavy (non-hydrogen) atoms. The van der Waals surface area contributed by atoms with Crippen LogP contribution in [0, 0.1) is 56.9 Å². The van der Waals surface area contributed by atoms with Gasteiger partial charge in [-0.1, -0.05) is 35.3 Å². The summed E-state index contributed by atoms with van der Waals surface area (Å²) >= 11 is 11.9. The Labute approximate surface area is 522 Å². The Kier molecular flexibility index (Phi) is 27.2. The molecule has 0 aliphatic rings. The fourth-order valence-corrected chi connectivity index (χ4v) is 6.59. The van der Waals surface area contributed by atoms with Crippen molar-refractivity contribution in [1.29, 1.82) is 0 Å². The van der Waals surface area contributed by atoms with Gasteiger partial charge in [0.1, 0.15) is 39.8 Å². The van der Waals surface area contributed by atoms with E-state index in [0.717, 1.165) is 30.7 Å². The van der Waals surface area contributed by atoms with Crippen molar-refractivity contribution in [2.45, 2.75) is 27.7 Å². The van der Waals surface area contributed by atoms with Crippen molar-refractivity contribution in [3.8, 4) is 39.6 Å². The molecule has 0 saturated heterocycles. The molecule has 0 spiro atoms. The van der Waals surface area contributed by atoms with Gasteiger partial charge in [0.25, 0.3) is 18.3 Å². The van der Waals surface area contributed by atoms with Crippen LogP contribution in [0.1, 0.15) is 44.4 Å². The first-order valence-electron chi connectivity index (χ1n) is 18.4. The summed E-state index contributed by atoms with van der Waals surface area (Å²) in [7, 11) is -7.64. The van der Waals surface area contributed by atoms with Crippen LogP contribution in [0.4, 0.5) is 22.0 Å². The second kappa shape index (κ2) is 29.2. The van der Waals surface area contributed by atoms with Crippen LogP contribution in [0.25, 0.3) is 22.3 Å². The Hall–Kier alpha value is -2.62. The van der Waals surface area contributed by atoms with E-state index < -0.39 is 66.4 Å². The second-order valence-electron chi connectivity index (χ2n) is 13.8. The van der Waals surface area contributed by atoms with Crippen LogP contribution in [0.3, 0.4) is 0 Å². The van der Waals surface area contributed by atoms with Crippen LogP contribution in [0.5, 0.6) is 17.4 Å². The molecule has 4 aromatic carbocycles. The van der Waals surface area contributed by atoms with Crippen LogP contribution < -0.4 is 157 Å². The van der Waals surface area contributed by atoms with Crippen molar-refractivity contribution in [1.82, 2.24) is 19.4 Å². The monoisotopic (exact) mass is 1280 g/mol. The molecule has 6 aromatic rings. The smallest absolute Gasteiger partial charge is 1.00 e. The molecule has 0 unspecified atom stereocenters. The Morgan fingerprint density at radius 3 is 1.45 bits per heavy atom. The number of nitrogens with zero attached hydrogens (tertiary/aromatic N) is 2. The molecule has 3 N–H and O–H groups in total. The number of carbonyl (C=O) groups excluding carboxylic acids is 3. The molecule has 26 heteroatoms. The fourth-order valence-electron chi connectivity index (χ4n) is 5.33. The number of aromatic hydroxyl groups is 1. The van der Waals surface area contributed by atoms with E-state index in [1.807, 2.05) is 0 Å². The zero-order valence-electron chi connectivity index (χ0n) is 38.5. The first kappa shape index (κ1) is 64.4. The van der Waals surface area contributed by atoms with Crippen LogP contribution in [0.2, 0.25) is 10.0 Å². The third kappa shape index (κ3) is 20.8. The minimum Gasteiger partial charge on any atom is -1.00 e. The number of carbonyl (C=O) groups is 3. The number of hydrogen-bond donors (Lipinski definition) is 3. The number of phenols is 1. The molecule has 2 heterocycles. The maximum atomic E-state index is 14.5. The number of phenolic OH excluding ortho intramolecular Hbond substituents is 1. The summed E-state index contributed by atoms with van der Waals surface area (Å²) in [5, 5.41) is 17.0. The van der Waals surface area contributed by atoms with Crippen molar-refractivity contribution in [2.24, 2.45) is 0 Å². The number of aromatic nitrogens is 2. The van der Waals surface area contributed by atoms with Gasteiger partial charge < -0.3 is 21.4 Å². The number of hydrogen-bond acceptors (Lipinski definition) is 13. The van der Waals surface area contributed by atoms with E-state index in [1.54, 1.807) is 49.3 Å². The standard InChI is InChI=1S/C21H17ClF2N2O4S.C14H11ClF2N2O3S.C7H7FO.CH2O3.2Cs.H/c1-11-4-5-14(8-18(11)23)30-21-17(22)7-13(10-25-21)15-9-19(24)16(6-12(15)2)20(27)26-31(3,28)29;1-7-3-10(14(20)19-23(2,21)22)12(16)5-9(7)8-4-11(15)13(17)18-6-8;1-5-2-3-6(9)4-7(5)8;2-1-4-3;;;/h4-10H,1-3H3,(H,26,27);3-6H,1-2H3,(H,19,20);2-4,9H,1H3;1,3H;;;/q;;;;2*+1;-1/p-1. The zero-order chi connectivity index (χ0) is 50.6. The number of rotatable bonds is 9. The Morgan fingerprint density at radius 1 is 0.652 bits per heavy atom. The van der Waals surface area contributed by atoms with E-state index in [2.05, 4.69) is 14.9 Å². The van der Waals surface area contributed by atoms with Crippen molar-refractivity contribution in [2.75, 3.05) is 12.5 Å². The number of pyridine rings is 2. The molecule has 0 radical (unpaired) electrons. The molecule has 0 aliphatic carbocycles. The Balaban J connectivity index is 0.00000107. The van der Waals surface area contributed by atoms with Gasteiger partial charge >= 0.3 is 138 Å². The maximum Gasteiger partial charge on any atom is 1.00 e. The molecule has 0 aliphatic heterocycles. The van der Waals surface area contributed by atoms with Crippen molar-refractivity contribution >= 4 is 61.5 Å². The second-order valence-corrected chi connectivity index (χ2v) is 18.2. The number of nitrogens with one attached hydrogen (secondary N) is 2. The van der Waals surface area contributed by atoms with Gasteiger partial charge in [-0.15, -0.1) is 0 Å². The van der Waals surface area contributed by atoms with E-state index in [4.69, 9.17) is 43.1 Å². The third-order valence-corrected chi connectivity index (χ3v) is 10.1. The van der Waals surface area contributed by atoms with Gasteiger partial charge in [-0.05, 0) is 110 Å². The first-order valence-corrected chi connectivity index (χ1v) is 22.9. The third-order valence-electron chi connectivity index (χ3n) is 8.45. The van der Waals surface area contributed by atoms with Crippen LogP contribution in [0.15, 0.2) is 85.2 Å². The van der Waals surface area contributed by atoms with E-state index in [1.165, 1.54) is 54.9 Å². The number of ether oxygens (including phenoxy) is 1. The van der Waals surface area contributed by atoms with E-state index in [-0.39, 0.29) is 179 Å². The first-order chi connectivity index (χ1) is 31.1. The van der Waals surface area contributed by atoms with Crippen molar-refractivity contribution in [3.63, 3.8) is 0 Å². The topological polar surface area (TPSA) is 231 Å². The van der Waals surface area contributed by atoms with E-state index in [9.17, 15) is 48.4 Å². The normalized spacial score (nSPS) is 10.4. The van der Waals surface area contributed by atoms with Crippen LogP contribution in [-0.2, 0) is 29.7 Å². The molecular weight excluding hydrogens is 1240 g/mol. The quantitative estimate of drug-likeness (QED) is 0.0618. The molecule has 2 aromatic heterocycles. The molecule has 0 atom stereocenters. The zero-order valence-corrected chi connectivity index (χ0v) is 53.3. The predicted octanol–water partition coefficient (Wildman–Crippen LogP) is 1.85. The molecule has 0 fully saturated rings. The van der Waals surface area contributed by atoms with E-state index in [0.29, 0.717) is 44.5 Å². The maximum absolute atomic E-state index is 14.5. The Bertz CT molecular complexity index is 3080. The molecule has 6 rings (SSSR count). The average molecular weight is 1280 g/mol. The van der Waals surface area contributed by atoms with Gasteiger partial charge in [-0.25, -0.2) is 53.8 Å². The van der Waals surface area contributed by atoms with Crippen LogP contribution in [-0.4, -0.2) is 62.7 Å². The van der Waals surface area contributed by atoms with Gasteiger partial charge in [-0.2, -0.15) is 4.39 Å². The SMILES string of the molecule is Cc1cc(C(=O)NS(C)(=O)=O)c(F)cc1-c1cnc(F)c(Cl)c1.Cc1ccc(O)cc1F.Cc1ccc(Oc2ncc(-c3cc(F)c(C(=O)NS(C)(=O)=O)cc3C)cc2Cl)cc1F.O=CO[O-].[Cs+].[Cs+].[H-]. The molecule has 358 valence electrons. The Morgan fingerprint density at radius 2 is 1.07 bits per heavy atom. The summed E-state index contributed by atoms with van der Waals surface area (Å²) < 4.78 is 121. The minimum atomic E-state index is -3.84. The number of aryl methyl sites for hydroxylation is 4. The van der Waals surface area contributed by atoms with Crippen molar-refractivity contribution < 1.29 is 212 Å². The molecule has 0 saturated carbocycles. The molecule has 2 amide bonds. The number of sulfonamides is 2. The summed E-state index contributed by atoms with van der Waals surface area (Å²) in [6.07, 6.45) is 4.16. The van der Waals surface area contributed by atoms with Gasteiger partial charge in [-0.3, -0.25) is 14.4 Å². The summed E-state index contributed by atoms with van der Waals surface area (Å²) in [4.78, 5) is 42.6. The van der Waals surface area contributed by atoms with Gasteiger partial charge in [0, 0.05) is 35.7 Å². The van der Waals surface area contributed by atoms with Crippen LogP contribution >= 0.6 is 23.2 Å². The average Bonchev–Trinajstić information content (AvgIpc) is 3.23. The van der Waals surface area contributed by atoms with Gasteiger partial charge in [0.2, 0.25) is 31.9 Å². The minimum absolute atomic E-state index is 0. The van der Waals surface area contributed by atoms with Gasteiger partial charge in [0.05, 0.1) is 28.7 Å². The fraction of sp³-hybridized carbons (Fsp3) is 0.140. The molecule has 0 bridgehead atoms. The number of benzene rings is 4. The van der Waals surface area contributed by atoms with E-state index >= 15 is 0 Å². The summed E-state index contributed by atoms with van der Waals surface area (Å²) in [5.41, 5.74) is 2.71. The van der Waals surface area contributed by atoms with Gasteiger partial charge in [0.15, 0.2) is 0 Å².